The summed E-state index contributed by atoms with van der Waals surface area (Å²) in [6.07, 6.45) is 2.95. The van der Waals surface area contributed by atoms with Crippen molar-refractivity contribution < 1.29 is 14.7 Å². The van der Waals surface area contributed by atoms with Gasteiger partial charge in [-0.05, 0) is 24.7 Å². The molecular weight excluding hydrogens is 270 g/mol. The zero-order valence-electron chi connectivity index (χ0n) is 13.2. The zero-order chi connectivity index (χ0) is 15.5. The van der Waals surface area contributed by atoms with Crippen LogP contribution in [0.5, 0.6) is 0 Å². The van der Waals surface area contributed by atoms with Gasteiger partial charge in [0.05, 0.1) is 6.54 Å². The monoisotopic (exact) mass is 297 g/mol. The van der Waals surface area contributed by atoms with E-state index in [0.29, 0.717) is 18.5 Å². The number of nitrogens with zero attached hydrogens (tertiary/aromatic N) is 3. The summed E-state index contributed by atoms with van der Waals surface area (Å²) in [5, 5.41) is 8.86. The molecule has 0 spiro atoms. The molecule has 2 aliphatic heterocycles. The Labute approximate surface area is 126 Å². The number of likely N-dealkylation sites (tertiary alicyclic amines) is 1. The minimum absolute atomic E-state index is 0.0694. The maximum atomic E-state index is 12.6. The van der Waals surface area contributed by atoms with Gasteiger partial charge >= 0.3 is 12.0 Å². The number of rotatable bonds is 2. The second-order valence-electron chi connectivity index (χ2n) is 6.94. The van der Waals surface area contributed by atoms with Crippen molar-refractivity contribution in [3.63, 3.8) is 0 Å². The van der Waals surface area contributed by atoms with Gasteiger partial charge in [-0.1, -0.05) is 13.8 Å². The molecule has 2 fully saturated rings. The van der Waals surface area contributed by atoms with Gasteiger partial charge in [0.1, 0.15) is 0 Å². The predicted octanol–water partition coefficient (Wildman–Crippen LogP) is 1.32. The highest BCUT2D eigenvalue weighted by molar-refractivity contribution is 5.74. The van der Waals surface area contributed by atoms with Crippen LogP contribution in [-0.2, 0) is 4.79 Å². The molecule has 0 aromatic heterocycles. The number of carboxylic acid groups (broad SMARTS) is 1. The van der Waals surface area contributed by atoms with E-state index in [2.05, 4.69) is 13.8 Å². The van der Waals surface area contributed by atoms with Crippen LogP contribution in [0, 0.1) is 5.41 Å². The fourth-order valence-electron chi connectivity index (χ4n) is 3.01. The summed E-state index contributed by atoms with van der Waals surface area (Å²) in [6.45, 7) is 9.01. The van der Waals surface area contributed by atoms with Gasteiger partial charge in [-0.3, -0.25) is 9.69 Å². The van der Waals surface area contributed by atoms with Crippen molar-refractivity contribution >= 4 is 12.0 Å². The third-order valence-corrected chi connectivity index (χ3v) is 4.61. The smallest absolute Gasteiger partial charge is 0.320 e. The van der Waals surface area contributed by atoms with Gasteiger partial charge in [-0.2, -0.15) is 0 Å². The van der Waals surface area contributed by atoms with Gasteiger partial charge in [-0.15, -0.1) is 0 Å². The molecule has 1 N–H and O–H groups in total. The van der Waals surface area contributed by atoms with E-state index in [9.17, 15) is 9.59 Å². The van der Waals surface area contributed by atoms with Crippen LogP contribution >= 0.6 is 0 Å². The van der Waals surface area contributed by atoms with Gasteiger partial charge in [-0.25, -0.2) is 4.79 Å². The van der Waals surface area contributed by atoms with Crippen LogP contribution in [0.3, 0.4) is 0 Å². The number of amides is 2. The number of hydrogen-bond donors (Lipinski definition) is 1. The first-order chi connectivity index (χ1) is 9.87. The lowest BCUT2D eigenvalue weighted by Gasteiger charge is -2.39. The topological polar surface area (TPSA) is 64.1 Å². The number of hydrogen-bond acceptors (Lipinski definition) is 3. The SMILES string of the molecule is CC1(C)CCN(C(=O)N2CCCN(CC(=O)O)CC2)CC1. The Bertz CT molecular complexity index is 388. The van der Waals surface area contributed by atoms with Crippen LogP contribution in [0.2, 0.25) is 0 Å². The summed E-state index contributed by atoms with van der Waals surface area (Å²) in [4.78, 5) is 29.1. The fraction of sp³-hybridized carbons (Fsp3) is 0.867. The first-order valence-corrected chi connectivity index (χ1v) is 7.85. The molecular formula is C15H27N3O3. The molecule has 0 aromatic rings. The Balaban J connectivity index is 1.84. The maximum absolute atomic E-state index is 12.6. The van der Waals surface area contributed by atoms with Crippen molar-refractivity contribution in [2.75, 3.05) is 45.8 Å². The molecule has 6 heteroatoms. The Hall–Kier alpha value is -1.30. The molecule has 0 radical (unpaired) electrons. The second kappa shape index (κ2) is 6.64. The summed E-state index contributed by atoms with van der Waals surface area (Å²) in [5.74, 6) is -0.798. The highest BCUT2D eigenvalue weighted by atomic mass is 16.4. The highest BCUT2D eigenvalue weighted by Gasteiger charge is 2.30. The fourth-order valence-corrected chi connectivity index (χ4v) is 3.01. The van der Waals surface area contributed by atoms with E-state index >= 15 is 0 Å². The van der Waals surface area contributed by atoms with Gasteiger partial charge in [0.25, 0.3) is 0 Å². The van der Waals surface area contributed by atoms with Crippen LogP contribution in [0.4, 0.5) is 4.79 Å². The molecule has 0 aliphatic carbocycles. The van der Waals surface area contributed by atoms with Crippen LogP contribution in [0.25, 0.3) is 0 Å². The van der Waals surface area contributed by atoms with Crippen LogP contribution in [-0.4, -0.2) is 77.6 Å². The first-order valence-electron chi connectivity index (χ1n) is 7.85. The van der Waals surface area contributed by atoms with Gasteiger partial charge < -0.3 is 14.9 Å². The number of carbonyl (C=O) groups is 2. The van der Waals surface area contributed by atoms with Crippen molar-refractivity contribution in [2.45, 2.75) is 33.1 Å². The minimum atomic E-state index is -0.798. The average Bonchev–Trinajstić information content (AvgIpc) is 2.63. The third kappa shape index (κ3) is 4.59. The van der Waals surface area contributed by atoms with E-state index < -0.39 is 5.97 Å². The standard InChI is InChI=1S/C15H27N3O3/c1-15(2)4-8-18(9-5-15)14(21)17-7-3-6-16(10-11-17)12-13(19)20/h3-12H2,1-2H3,(H,19,20). The molecule has 0 unspecified atom stereocenters. The minimum Gasteiger partial charge on any atom is -0.480 e. The molecule has 2 amide bonds. The largest absolute Gasteiger partial charge is 0.480 e. The molecule has 2 rings (SSSR count). The summed E-state index contributed by atoms with van der Waals surface area (Å²) in [5.41, 5.74) is 0.341. The van der Waals surface area contributed by atoms with Crippen molar-refractivity contribution in [3.05, 3.63) is 0 Å². The Morgan fingerprint density at radius 1 is 0.952 bits per heavy atom. The van der Waals surface area contributed by atoms with Crippen LogP contribution in [0.15, 0.2) is 0 Å². The van der Waals surface area contributed by atoms with Crippen LogP contribution in [0.1, 0.15) is 33.1 Å². The Kier molecular flexibility index (Phi) is 5.08. The lowest BCUT2D eigenvalue weighted by molar-refractivity contribution is -0.138. The van der Waals surface area contributed by atoms with E-state index in [-0.39, 0.29) is 12.6 Å². The molecule has 2 aliphatic rings. The van der Waals surface area contributed by atoms with Crippen molar-refractivity contribution in [1.82, 2.24) is 14.7 Å². The number of urea groups is 1. The first kappa shape index (κ1) is 16.1. The van der Waals surface area contributed by atoms with E-state index in [1.54, 1.807) is 0 Å². The highest BCUT2D eigenvalue weighted by Crippen LogP contribution is 2.30. The molecule has 21 heavy (non-hydrogen) atoms. The number of carboxylic acids is 1. The van der Waals surface area contributed by atoms with E-state index in [4.69, 9.17) is 5.11 Å². The summed E-state index contributed by atoms with van der Waals surface area (Å²) >= 11 is 0. The predicted molar refractivity (Wildman–Crippen MR) is 80.2 cm³/mol. The molecule has 0 saturated carbocycles. The molecule has 6 nitrogen and oxygen atoms in total. The van der Waals surface area contributed by atoms with E-state index in [1.807, 2.05) is 14.7 Å². The number of aliphatic carboxylic acids is 1. The van der Waals surface area contributed by atoms with Crippen molar-refractivity contribution in [3.8, 4) is 0 Å². The number of carbonyl (C=O) groups excluding carboxylic acids is 1. The molecule has 0 aromatic carbocycles. The summed E-state index contributed by atoms with van der Waals surface area (Å²) < 4.78 is 0. The molecule has 2 heterocycles. The third-order valence-electron chi connectivity index (χ3n) is 4.61. The van der Waals surface area contributed by atoms with Crippen LogP contribution < -0.4 is 0 Å². The lowest BCUT2D eigenvalue weighted by atomic mass is 9.83. The summed E-state index contributed by atoms with van der Waals surface area (Å²) in [7, 11) is 0. The lowest BCUT2D eigenvalue weighted by Crippen LogP contribution is -2.49. The normalized spacial score (nSPS) is 23.7. The average molecular weight is 297 g/mol. The quantitative estimate of drug-likeness (QED) is 0.835. The van der Waals surface area contributed by atoms with E-state index in [0.717, 1.165) is 45.4 Å². The molecule has 0 bridgehead atoms. The molecule has 2 saturated heterocycles. The van der Waals surface area contributed by atoms with Crippen molar-refractivity contribution in [1.29, 1.82) is 0 Å². The number of piperidine rings is 1. The molecule has 0 atom stereocenters. The Morgan fingerprint density at radius 2 is 1.57 bits per heavy atom. The second-order valence-corrected chi connectivity index (χ2v) is 6.94. The van der Waals surface area contributed by atoms with Gasteiger partial charge in [0.15, 0.2) is 0 Å². The Morgan fingerprint density at radius 3 is 2.19 bits per heavy atom. The maximum Gasteiger partial charge on any atom is 0.320 e. The van der Waals surface area contributed by atoms with Crippen molar-refractivity contribution in [2.24, 2.45) is 5.41 Å². The summed E-state index contributed by atoms with van der Waals surface area (Å²) in [6, 6.07) is 0.127. The molecule has 120 valence electrons. The zero-order valence-corrected chi connectivity index (χ0v) is 13.2. The van der Waals surface area contributed by atoms with Gasteiger partial charge in [0, 0.05) is 39.3 Å². The van der Waals surface area contributed by atoms with E-state index in [1.165, 1.54) is 0 Å². The van der Waals surface area contributed by atoms with Gasteiger partial charge in [0.2, 0.25) is 0 Å².